The SMILES string of the molecule is CN1CCCC1CCOC(C)(c1ccccc1)c1ccc(Cl)cc1.COc1ccc(C(=O)c2ccccc2O)c(O)c1.O=C(O)C=CC(=O)O. The molecule has 1 aliphatic rings. The number of para-hydroxylation sites is 1. The highest BCUT2D eigenvalue weighted by atomic mass is 35.5. The third-order valence-corrected chi connectivity index (χ3v) is 8.45. The van der Waals surface area contributed by atoms with Crippen LogP contribution in [0.2, 0.25) is 5.02 Å². The predicted octanol–water partition coefficient (Wildman–Crippen LogP) is 7.15. The summed E-state index contributed by atoms with van der Waals surface area (Å²) in [7, 11) is 3.69. The molecule has 50 heavy (non-hydrogen) atoms. The number of benzene rings is 4. The standard InChI is InChI=1S/C21H26ClNO.C14H12O4.C4H4O4/c1-21(17-7-4-3-5-8-17,18-10-12-19(22)13-11-18)24-16-14-20-9-6-15-23(20)2;1-18-9-6-7-11(13(16)8-9)14(17)10-4-2-3-5-12(10)15;5-3(6)1-2-4(7)8/h3-5,7-8,10-13,20H,6,9,14-16H2,1-2H3;2-8,15-16H,1H3;1-2H,(H,5,6)(H,7,8). The van der Waals surface area contributed by atoms with Crippen molar-refractivity contribution in [3.63, 3.8) is 0 Å². The van der Waals surface area contributed by atoms with Gasteiger partial charge in [0, 0.05) is 35.9 Å². The van der Waals surface area contributed by atoms with Crippen molar-refractivity contribution in [3.05, 3.63) is 136 Å². The minimum atomic E-state index is -1.26. The van der Waals surface area contributed by atoms with Crippen LogP contribution < -0.4 is 4.74 Å². The van der Waals surface area contributed by atoms with E-state index in [-0.39, 0.29) is 22.6 Å². The number of ether oxygens (including phenoxy) is 2. The van der Waals surface area contributed by atoms with Gasteiger partial charge in [0.15, 0.2) is 5.78 Å². The van der Waals surface area contributed by atoms with Gasteiger partial charge in [-0.1, -0.05) is 66.2 Å². The van der Waals surface area contributed by atoms with E-state index in [0.717, 1.165) is 23.6 Å². The van der Waals surface area contributed by atoms with E-state index in [4.69, 9.17) is 31.3 Å². The van der Waals surface area contributed by atoms with Crippen molar-refractivity contribution in [3.8, 4) is 17.2 Å². The van der Waals surface area contributed by atoms with Crippen molar-refractivity contribution in [1.29, 1.82) is 0 Å². The first kappa shape index (κ1) is 39.3. The van der Waals surface area contributed by atoms with Gasteiger partial charge in [-0.15, -0.1) is 0 Å². The third kappa shape index (κ3) is 11.5. The maximum absolute atomic E-state index is 12.1. The van der Waals surface area contributed by atoms with Gasteiger partial charge < -0.3 is 34.8 Å². The molecule has 264 valence electrons. The summed E-state index contributed by atoms with van der Waals surface area (Å²) in [6.07, 6.45) is 4.77. The highest BCUT2D eigenvalue weighted by molar-refractivity contribution is 6.30. The van der Waals surface area contributed by atoms with Gasteiger partial charge in [-0.25, -0.2) is 9.59 Å². The monoisotopic (exact) mass is 703 g/mol. The van der Waals surface area contributed by atoms with Gasteiger partial charge >= 0.3 is 11.9 Å². The number of hydrogen-bond acceptors (Lipinski definition) is 8. The lowest BCUT2D eigenvalue weighted by atomic mass is 9.88. The molecule has 0 amide bonds. The molecule has 10 nitrogen and oxygen atoms in total. The van der Waals surface area contributed by atoms with Crippen LogP contribution in [0.15, 0.2) is 109 Å². The molecular formula is C39H42ClNO9. The van der Waals surface area contributed by atoms with Crippen LogP contribution in [0.5, 0.6) is 17.2 Å². The largest absolute Gasteiger partial charge is 0.507 e. The summed E-state index contributed by atoms with van der Waals surface area (Å²) in [6, 6.07) is 29.7. The molecular weight excluding hydrogens is 662 g/mol. The van der Waals surface area contributed by atoms with Crippen molar-refractivity contribution in [2.75, 3.05) is 27.3 Å². The molecule has 4 aromatic rings. The van der Waals surface area contributed by atoms with Gasteiger partial charge in [0.05, 0.1) is 18.2 Å². The van der Waals surface area contributed by atoms with Crippen LogP contribution >= 0.6 is 11.6 Å². The number of ketones is 1. The molecule has 11 heteroatoms. The highest BCUT2D eigenvalue weighted by Gasteiger charge is 2.31. The topological polar surface area (TPSA) is 154 Å². The summed E-state index contributed by atoms with van der Waals surface area (Å²) < 4.78 is 11.4. The number of carboxylic acids is 2. The summed E-state index contributed by atoms with van der Waals surface area (Å²) in [4.78, 5) is 33.7. The molecule has 4 aromatic carbocycles. The molecule has 0 aliphatic carbocycles. The number of aromatic hydroxyl groups is 2. The van der Waals surface area contributed by atoms with Gasteiger partial charge in [-0.2, -0.15) is 0 Å². The lowest BCUT2D eigenvalue weighted by Crippen LogP contribution is -2.31. The fourth-order valence-electron chi connectivity index (χ4n) is 5.38. The first-order valence-electron chi connectivity index (χ1n) is 15.8. The van der Waals surface area contributed by atoms with Crippen LogP contribution in [-0.2, 0) is 19.9 Å². The number of methoxy groups -OCH3 is 1. The number of phenolic OH excluding ortho intramolecular Hbond substituents is 2. The van der Waals surface area contributed by atoms with E-state index in [1.165, 1.54) is 56.3 Å². The summed E-state index contributed by atoms with van der Waals surface area (Å²) in [6.45, 7) is 4.12. The summed E-state index contributed by atoms with van der Waals surface area (Å²) in [5.74, 6) is -2.78. The molecule has 0 spiro atoms. The van der Waals surface area contributed by atoms with Crippen LogP contribution in [0, 0.1) is 0 Å². The average Bonchev–Trinajstić information content (AvgIpc) is 3.52. The molecule has 4 N–H and O–H groups in total. The summed E-state index contributed by atoms with van der Waals surface area (Å²) >= 11 is 6.07. The fourth-order valence-corrected chi connectivity index (χ4v) is 5.51. The minimum absolute atomic E-state index is 0.113. The number of likely N-dealkylation sites (tertiary alicyclic amines) is 1. The van der Waals surface area contributed by atoms with Crippen molar-refractivity contribution in [2.45, 2.75) is 37.8 Å². The zero-order chi connectivity index (χ0) is 36.7. The lowest BCUT2D eigenvalue weighted by molar-refractivity contribution is -0.134. The Morgan fingerprint density at radius 2 is 1.42 bits per heavy atom. The number of halogens is 1. The summed E-state index contributed by atoms with van der Waals surface area (Å²) in [5, 5.41) is 35.7. The number of carboxylic acid groups (broad SMARTS) is 2. The molecule has 5 rings (SSSR count). The van der Waals surface area contributed by atoms with Crippen molar-refractivity contribution >= 4 is 29.3 Å². The second kappa shape index (κ2) is 19.1. The number of rotatable bonds is 11. The second-order valence-corrected chi connectivity index (χ2v) is 12.0. The van der Waals surface area contributed by atoms with Gasteiger partial charge in [0.25, 0.3) is 0 Å². The van der Waals surface area contributed by atoms with Gasteiger partial charge in [-0.05, 0) is 87.3 Å². The first-order chi connectivity index (χ1) is 23.8. The molecule has 1 aliphatic heterocycles. The van der Waals surface area contributed by atoms with Crippen LogP contribution in [0.25, 0.3) is 0 Å². The molecule has 1 heterocycles. The number of phenols is 2. The van der Waals surface area contributed by atoms with Crippen molar-refractivity contribution < 1.29 is 44.3 Å². The molecule has 0 radical (unpaired) electrons. The Morgan fingerprint density at radius 1 is 0.840 bits per heavy atom. The van der Waals surface area contributed by atoms with E-state index in [1.807, 2.05) is 18.2 Å². The third-order valence-electron chi connectivity index (χ3n) is 8.20. The Morgan fingerprint density at radius 3 is 1.96 bits per heavy atom. The number of nitrogens with zero attached hydrogens (tertiary/aromatic N) is 1. The Hall–Kier alpha value is -5.16. The zero-order valence-electron chi connectivity index (χ0n) is 28.2. The number of carbonyl (C=O) groups excluding carboxylic acids is 1. The molecule has 1 saturated heterocycles. The smallest absolute Gasteiger partial charge is 0.328 e. The van der Waals surface area contributed by atoms with Gasteiger partial charge in [-0.3, -0.25) is 4.79 Å². The van der Waals surface area contributed by atoms with Crippen molar-refractivity contribution in [2.24, 2.45) is 0 Å². The lowest BCUT2D eigenvalue weighted by Gasteiger charge is -2.32. The average molecular weight is 704 g/mol. The van der Waals surface area contributed by atoms with Crippen molar-refractivity contribution in [1.82, 2.24) is 4.90 Å². The Balaban J connectivity index is 0.000000229. The fraction of sp³-hybridized carbons (Fsp3) is 0.256. The predicted molar refractivity (Wildman–Crippen MR) is 191 cm³/mol. The zero-order valence-corrected chi connectivity index (χ0v) is 28.9. The van der Waals surface area contributed by atoms with E-state index >= 15 is 0 Å². The number of aliphatic carboxylic acids is 2. The van der Waals surface area contributed by atoms with E-state index in [1.54, 1.807) is 18.2 Å². The van der Waals surface area contributed by atoms with Crippen LogP contribution in [0.3, 0.4) is 0 Å². The van der Waals surface area contributed by atoms with Crippen LogP contribution in [0.4, 0.5) is 0 Å². The maximum Gasteiger partial charge on any atom is 0.328 e. The molecule has 1 fully saturated rings. The molecule has 0 bridgehead atoms. The summed E-state index contributed by atoms with van der Waals surface area (Å²) in [5.41, 5.74) is 2.13. The second-order valence-electron chi connectivity index (χ2n) is 11.6. The molecule has 0 aromatic heterocycles. The maximum atomic E-state index is 12.1. The Labute approximate surface area is 296 Å². The van der Waals surface area contributed by atoms with E-state index in [9.17, 15) is 24.6 Å². The quantitative estimate of drug-likeness (QED) is 0.0935. The van der Waals surface area contributed by atoms with Crippen LogP contribution in [0.1, 0.15) is 53.2 Å². The van der Waals surface area contributed by atoms with E-state index in [0.29, 0.717) is 23.9 Å². The Kier molecular flexibility index (Phi) is 15.0. The normalized spacial score (nSPS) is 15.2. The van der Waals surface area contributed by atoms with Gasteiger partial charge in [0.1, 0.15) is 22.8 Å². The molecule has 2 unspecified atom stereocenters. The number of carbonyl (C=O) groups is 3. The molecule has 0 saturated carbocycles. The Bertz CT molecular complexity index is 1730. The van der Waals surface area contributed by atoms with E-state index in [2.05, 4.69) is 55.3 Å². The van der Waals surface area contributed by atoms with E-state index < -0.39 is 23.3 Å². The number of hydrogen-bond donors (Lipinski definition) is 4. The van der Waals surface area contributed by atoms with Gasteiger partial charge in [0.2, 0.25) is 0 Å². The molecule has 2 atom stereocenters. The highest BCUT2D eigenvalue weighted by Crippen LogP contribution is 2.35. The first-order valence-corrected chi connectivity index (χ1v) is 16.2. The minimum Gasteiger partial charge on any atom is -0.507 e. The van der Waals surface area contributed by atoms with Crippen LogP contribution in [-0.4, -0.2) is 76.4 Å².